The van der Waals surface area contributed by atoms with Crippen molar-refractivity contribution in [2.24, 2.45) is 0 Å². The standard InChI is InChI=1S/C25H29F2N3S/c1-2-25-28-23-14-18(27)6-11-24(23)30(25)21-15-19-7-8-20(16-21)29(19)12-3-13-31-22-9-4-17(26)5-10-22/h4-6,9-11,14,19-21H,2-3,7-8,12-13,15-16H2,1H3. The lowest BCUT2D eigenvalue weighted by molar-refractivity contribution is 0.108. The van der Waals surface area contributed by atoms with Gasteiger partial charge in [-0.2, -0.15) is 0 Å². The van der Waals surface area contributed by atoms with Crippen LogP contribution in [0.25, 0.3) is 11.0 Å². The number of aryl methyl sites for hydroxylation is 1. The molecule has 2 aromatic carbocycles. The van der Waals surface area contributed by atoms with Crippen molar-refractivity contribution in [1.82, 2.24) is 14.5 Å². The van der Waals surface area contributed by atoms with Crippen LogP contribution in [-0.2, 0) is 6.42 Å². The molecule has 164 valence electrons. The van der Waals surface area contributed by atoms with E-state index in [9.17, 15) is 8.78 Å². The monoisotopic (exact) mass is 441 g/mol. The highest BCUT2D eigenvalue weighted by atomic mass is 32.2. The molecule has 1 aromatic heterocycles. The van der Waals surface area contributed by atoms with Crippen LogP contribution < -0.4 is 0 Å². The third-order valence-electron chi connectivity index (χ3n) is 6.91. The van der Waals surface area contributed by atoms with E-state index in [-0.39, 0.29) is 11.6 Å². The summed E-state index contributed by atoms with van der Waals surface area (Å²) >= 11 is 1.81. The van der Waals surface area contributed by atoms with Gasteiger partial charge in [-0.1, -0.05) is 6.92 Å². The van der Waals surface area contributed by atoms with E-state index in [1.54, 1.807) is 12.1 Å². The van der Waals surface area contributed by atoms with Crippen LogP contribution in [0.3, 0.4) is 0 Å². The van der Waals surface area contributed by atoms with E-state index in [1.165, 1.54) is 25.0 Å². The highest BCUT2D eigenvalue weighted by Crippen LogP contribution is 2.42. The molecule has 31 heavy (non-hydrogen) atoms. The molecule has 3 aromatic rings. The van der Waals surface area contributed by atoms with E-state index >= 15 is 0 Å². The maximum absolute atomic E-state index is 13.7. The Morgan fingerprint density at radius 2 is 1.68 bits per heavy atom. The molecule has 0 aliphatic carbocycles. The summed E-state index contributed by atoms with van der Waals surface area (Å²) in [5.74, 6) is 1.75. The first-order valence-electron chi connectivity index (χ1n) is 11.4. The van der Waals surface area contributed by atoms with Crippen LogP contribution in [0.4, 0.5) is 8.78 Å². The maximum Gasteiger partial charge on any atom is 0.125 e. The first kappa shape index (κ1) is 21.0. The SMILES string of the molecule is CCc1nc2cc(F)ccc2n1C1CC2CCC(C1)N2CCCSc1ccc(F)cc1. The van der Waals surface area contributed by atoms with E-state index < -0.39 is 0 Å². The zero-order valence-corrected chi connectivity index (χ0v) is 18.8. The van der Waals surface area contributed by atoms with Gasteiger partial charge in [-0.25, -0.2) is 13.8 Å². The van der Waals surface area contributed by atoms with Gasteiger partial charge in [0, 0.05) is 35.5 Å². The fraction of sp³-hybridized carbons (Fsp3) is 0.480. The topological polar surface area (TPSA) is 21.1 Å². The Labute approximate surface area is 186 Å². The van der Waals surface area contributed by atoms with E-state index in [0.717, 1.165) is 59.7 Å². The summed E-state index contributed by atoms with van der Waals surface area (Å²) in [7, 11) is 0. The van der Waals surface area contributed by atoms with E-state index in [4.69, 9.17) is 4.98 Å². The predicted octanol–water partition coefficient (Wildman–Crippen LogP) is 6.23. The Morgan fingerprint density at radius 1 is 0.968 bits per heavy atom. The molecule has 3 heterocycles. The molecule has 2 bridgehead atoms. The van der Waals surface area contributed by atoms with Crippen molar-refractivity contribution in [2.45, 2.75) is 68.5 Å². The summed E-state index contributed by atoms with van der Waals surface area (Å²) in [4.78, 5) is 8.60. The maximum atomic E-state index is 13.7. The van der Waals surface area contributed by atoms with Crippen LogP contribution in [0.2, 0.25) is 0 Å². The van der Waals surface area contributed by atoms with Crippen LogP contribution in [0, 0.1) is 11.6 Å². The van der Waals surface area contributed by atoms with Crippen molar-refractivity contribution in [1.29, 1.82) is 0 Å². The number of rotatable bonds is 7. The average molecular weight is 442 g/mol. The minimum atomic E-state index is -0.215. The molecule has 6 heteroatoms. The molecule has 0 amide bonds. The molecule has 0 saturated carbocycles. The Balaban J connectivity index is 1.23. The summed E-state index contributed by atoms with van der Waals surface area (Å²) < 4.78 is 29.2. The largest absolute Gasteiger partial charge is 0.325 e. The molecular formula is C25H29F2N3S. The fourth-order valence-electron chi connectivity index (χ4n) is 5.57. The fourth-order valence-corrected chi connectivity index (χ4v) is 6.41. The van der Waals surface area contributed by atoms with Crippen molar-refractivity contribution in [2.75, 3.05) is 12.3 Å². The summed E-state index contributed by atoms with van der Waals surface area (Å²) in [5.41, 5.74) is 1.86. The third kappa shape index (κ3) is 4.24. The molecule has 0 radical (unpaired) electrons. The van der Waals surface area contributed by atoms with Gasteiger partial charge in [0.15, 0.2) is 0 Å². The Morgan fingerprint density at radius 3 is 2.39 bits per heavy atom. The molecule has 2 fully saturated rings. The van der Waals surface area contributed by atoms with E-state index in [1.807, 2.05) is 30.0 Å². The van der Waals surface area contributed by atoms with Crippen molar-refractivity contribution in [3.63, 3.8) is 0 Å². The lowest BCUT2D eigenvalue weighted by atomic mass is 9.96. The first-order chi connectivity index (χ1) is 15.1. The van der Waals surface area contributed by atoms with Gasteiger partial charge >= 0.3 is 0 Å². The molecule has 5 rings (SSSR count). The summed E-state index contributed by atoms with van der Waals surface area (Å²) in [5, 5.41) is 0. The number of fused-ring (bicyclic) bond motifs is 3. The molecule has 3 nitrogen and oxygen atoms in total. The average Bonchev–Trinajstić information content (AvgIpc) is 3.24. The van der Waals surface area contributed by atoms with E-state index in [2.05, 4.69) is 16.4 Å². The number of hydrogen-bond acceptors (Lipinski definition) is 3. The molecule has 2 saturated heterocycles. The number of imidazole rings is 1. The number of hydrogen-bond donors (Lipinski definition) is 0. The molecule has 0 N–H and O–H groups in total. The molecule has 2 aliphatic heterocycles. The number of piperidine rings is 1. The van der Waals surface area contributed by atoms with Gasteiger partial charge < -0.3 is 4.57 Å². The quantitative estimate of drug-likeness (QED) is 0.320. The van der Waals surface area contributed by atoms with Gasteiger partial charge in [-0.05, 0) is 80.8 Å². The molecular weight excluding hydrogens is 412 g/mol. The minimum absolute atomic E-state index is 0.175. The molecule has 0 spiro atoms. The first-order valence-corrected chi connectivity index (χ1v) is 12.4. The van der Waals surface area contributed by atoms with Gasteiger partial charge in [0.25, 0.3) is 0 Å². The zero-order valence-electron chi connectivity index (χ0n) is 17.9. The Bertz CT molecular complexity index is 1030. The van der Waals surface area contributed by atoms with Crippen LogP contribution in [0.1, 0.15) is 50.9 Å². The Hall–Kier alpha value is -1.92. The summed E-state index contributed by atoms with van der Waals surface area (Å²) in [6.07, 6.45) is 6.86. The van der Waals surface area contributed by atoms with Crippen LogP contribution in [0.15, 0.2) is 47.4 Å². The van der Waals surface area contributed by atoms with E-state index in [0.29, 0.717) is 18.1 Å². The highest BCUT2D eigenvalue weighted by Gasteiger charge is 2.41. The van der Waals surface area contributed by atoms with Gasteiger partial charge in [0.2, 0.25) is 0 Å². The second kappa shape index (κ2) is 8.91. The van der Waals surface area contributed by atoms with Crippen molar-refractivity contribution in [3.8, 4) is 0 Å². The van der Waals surface area contributed by atoms with Crippen molar-refractivity contribution < 1.29 is 8.78 Å². The third-order valence-corrected chi connectivity index (χ3v) is 8.01. The van der Waals surface area contributed by atoms with Gasteiger partial charge in [-0.3, -0.25) is 4.90 Å². The number of thioether (sulfide) groups is 1. The number of nitrogens with zero attached hydrogens (tertiary/aromatic N) is 3. The van der Waals surface area contributed by atoms with Gasteiger partial charge in [0.1, 0.15) is 17.5 Å². The number of benzene rings is 2. The highest BCUT2D eigenvalue weighted by molar-refractivity contribution is 7.99. The normalized spacial score (nSPS) is 23.6. The summed E-state index contributed by atoms with van der Waals surface area (Å²) in [6.45, 7) is 3.27. The van der Waals surface area contributed by atoms with Crippen LogP contribution in [-0.4, -0.2) is 38.8 Å². The van der Waals surface area contributed by atoms with Crippen molar-refractivity contribution in [3.05, 3.63) is 59.9 Å². The van der Waals surface area contributed by atoms with Crippen molar-refractivity contribution >= 4 is 22.8 Å². The Kier molecular flexibility index (Phi) is 6.02. The molecule has 2 atom stereocenters. The predicted molar refractivity (Wildman–Crippen MR) is 123 cm³/mol. The van der Waals surface area contributed by atoms with Gasteiger partial charge in [0.05, 0.1) is 11.0 Å². The van der Waals surface area contributed by atoms with Gasteiger partial charge in [-0.15, -0.1) is 11.8 Å². The molecule has 2 aliphatic rings. The second-order valence-electron chi connectivity index (χ2n) is 8.79. The number of halogens is 2. The van der Waals surface area contributed by atoms with Crippen LogP contribution >= 0.6 is 11.8 Å². The van der Waals surface area contributed by atoms with Crippen LogP contribution in [0.5, 0.6) is 0 Å². The minimum Gasteiger partial charge on any atom is -0.325 e. The summed E-state index contributed by atoms with van der Waals surface area (Å²) in [6, 6.07) is 13.5. The zero-order chi connectivity index (χ0) is 21.4. The number of aromatic nitrogens is 2. The lowest BCUT2D eigenvalue weighted by Gasteiger charge is -2.40. The lowest BCUT2D eigenvalue weighted by Crippen LogP contribution is -2.44. The molecule has 2 unspecified atom stereocenters. The smallest absolute Gasteiger partial charge is 0.125 e. The second-order valence-corrected chi connectivity index (χ2v) is 9.96.